The molecule has 54 valence electrons. The highest BCUT2D eigenvalue weighted by Gasteiger charge is 2.21. The predicted octanol–water partition coefficient (Wildman–Crippen LogP) is 0.590. The van der Waals surface area contributed by atoms with Crippen LogP contribution in [0.25, 0.3) is 0 Å². The molecule has 0 spiro atoms. The lowest BCUT2D eigenvalue weighted by molar-refractivity contribution is -0.137. The third kappa shape index (κ3) is 3.17. The zero-order valence-corrected chi connectivity index (χ0v) is 7.59. The van der Waals surface area contributed by atoms with Crippen molar-refractivity contribution in [3.8, 4) is 0 Å². The average molecular weight is 262 g/mol. The Balaban J connectivity index is 3.72. The summed E-state index contributed by atoms with van der Waals surface area (Å²) in [5, 5.41) is 17.3. The van der Waals surface area contributed by atoms with Crippen LogP contribution in [0.5, 0.6) is 0 Å². The molecule has 0 fully saturated rings. The lowest BCUT2D eigenvalue weighted by Crippen LogP contribution is -2.29. The van der Waals surface area contributed by atoms with Crippen molar-refractivity contribution < 1.29 is 15.0 Å². The van der Waals surface area contributed by atoms with E-state index in [4.69, 9.17) is 10.2 Å². The fourth-order valence-electron chi connectivity index (χ4n) is 0.243. The van der Waals surface area contributed by atoms with Gasteiger partial charge in [0.2, 0.25) is 0 Å². The van der Waals surface area contributed by atoms with Crippen LogP contribution in [0.4, 0.5) is 0 Å². The van der Waals surface area contributed by atoms with Crippen molar-refractivity contribution in [1.29, 1.82) is 0 Å². The topological polar surface area (TPSA) is 57.5 Å². The van der Waals surface area contributed by atoms with E-state index in [-0.39, 0.29) is 5.33 Å². The molecule has 0 amide bonds. The first-order valence-corrected chi connectivity index (χ1v) is 4.24. The minimum absolute atomic E-state index is 0.259. The number of hydrogen-bond donors (Lipinski definition) is 2. The number of halogens is 2. The summed E-state index contributed by atoms with van der Waals surface area (Å²) < 4.78 is 0. The van der Waals surface area contributed by atoms with E-state index >= 15 is 0 Å². The zero-order valence-electron chi connectivity index (χ0n) is 4.42. The van der Waals surface area contributed by atoms with E-state index in [1.54, 1.807) is 0 Å². The van der Waals surface area contributed by atoms with Crippen molar-refractivity contribution in [3.05, 3.63) is 0 Å². The number of aliphatic carboxylic acids is 1. The lowest BCUT2D eigenvalue weighted by Gasteiger charge is -2.08. The van der Waals surface area contributed by atoms with Crippen LogP contribution in [-0.2, 0) is 4.79 Å². The van der Waals surface area contributed by atoms with Crippen molar-refractivity contribution in [2.75, 3.05) is 5.33 Å². The van der Waals surface area contributed by atoms with Crippen molar-refractivity contribution in [1.82, 2.24) is 0 Å². The summed E-state index contributed by atoms with van der Waals surface area (Å²) in [5.41, 5.74) is 0. The van der Waals surface area contributed by atoms with Gasteiger partial charge in [-0.25, -0.2) is 0 Å². The minimum Gasteiger partial charge on any atom is -0.480 e. The molecule has 3 nitrogen and oxygen atoms in total. The summed E-state index contributed by atoms with van der Waals surface area (Å²) in [4.78, 5) is 9.19. The molecule has 2 atom stereocenters. The molecule has 0 aliphatic rings. The predicted molar refractivity (Wildman–Crippen MR) is 40.2 cm³/mol. The SMILES string of the molecule is O=C(O)[C@H](Br)[C@H](O)CBr. The molecule has 0 radical (unpaired) electrons. The Hall–Kier alpha value is 0.390. The Labute approximate surface area is 69.3 Å². The van der Waals surface area contributed by atoms with Crippen LogP contribution in [0.15, 0.2) is 0 Å². The van der Waals surface area contributed by atoms with Crippen molar-refractivity contribution in [2.24, 2.45) is 0 Å². The fourth-order valence-corrected chi connectivity index (χ4v) is 1.31. The van der Waals surface area contributed by atoms with Crippen LogP contribution in [0, 0.1) is 0 Å². The molecule has 0 saturated carbocycles. The largest absolute Gasteiger partial charge is 0.480 e. The molecule has 0 unspecified atom stereocenters. The second-order valence-electron chi connectivity index (χ2n) is 1.46. The smallest absolute Gasteiger partial charge is 0.319 e. The highest BCUT2D eigenvalue weighted by Crippen LogP contribution is 2.07. The van der Waals surface area contributed by atoms with Gasteiger partial charge in [0.05, 0.1) is 6.10 Å². The molecule has 0 aromatic heterocycles. The number of alkyl halides is 2. The summed E-state index contributed by atoms with van der Waals surface area (Å²) >= 11 is 5.73. The monoisotopic (exact) mass is 260 g/mol. The van der Waals surface area contributed by atoms with Gasteiger partial charge in [0.1, 0.15) is 4.83 Å². The molecule has 0 saturated heterocycles. The third-order valence-corrected chi connectivity index (χ3v) is 2.40. The number of carboxylic acid groups (broad SMARTS) is 1. The van der Waals surface area contributed by atoms with Crippen LogP contribution in [0.2, 0.25) is 0 Å². The molecule has 0 heterocycles. The van der Waals surface area contributed by atoms with E-state index in [1.807, 2.05) is 0 Å². The van der Waals surface area contributed by atoms with E-state index in [9.17, 15) is 4.79 Å². The molecule has 2 N–H and O–H groups in total. The molecule has 9 heavy (non-hydrogen) atoms. The molecule has 0 aliphatic carbocycles. The van der Waals surface area contributed by atoms with Crippen molar-refractivity contribution >= 4 is 37.8 Å². The van der Waals surface area contributed by atoms with E-state index in [2.05, 4.69) is 31.9 Å². The van der Waals surface area contributed by atoms with E-state index in [0.29, 0.717) is 0 Å². The van der Waals surface area contributed by atoms with Gasteiger partial charge in [-0.15, -0.1) is 0 Å². The summed E-state index contributed by atoms with van der Waals surface area (Å²) in [5.74, 6) is -1.05. The van der Waals surface area contributed by atoms with Crippen LogP contribution in [0.3, 0.4) is 0 Å². The second-order valence-corrected chi connectivity index (χ2v) is 3.10. The van der Waals surface area contributed by atoms with Gasteiger partial charge in [-0.05, 0) is 0 Å². The maximum absolute atomic E-state index is 10.1. The highest BCUT2D eigenvalue weighted by atomic mass is 79.9. The lowest BCUT2D eigenvalue weighted by atomic mass is 10.3. The first-order valence-electron chi connectivity index (χ1n) is 2.20. The van der Waals surface area contributed by atoms with Gasteiger partial charge in [-0.3, -0.25) is 4.79 Å². The van der Waals surface area contributed by atoms with Gasteiger partial charge >= 0.3 is 5.97 Å². The molecular formula is C4H6Br2O3. The maximum atomic E-state index is 10.1. The van der Waals surface area contributed by atoms with Gasteiger partial charge < -0.3 is 10.2 Å². The number of carbonyl (C=O) groups is 1. The van der Waals surface area contributed by atoms with Gasteiger partial charge in [0.15, 0.2) is 0 Å². The number of carboxylic acids is 1. The molecular weight excluding hydrogens is 256 g/mol. The Morgan fingerprint density at radius 1 is 1.67 bits per heavy atom. The Bertz CT molecular complexity index is 106. The number of aliphatic hydroxyl groups is 1. The van der Waals surface area contributed by atoms with E-state index in [0.717, 1.165) is 0 Å². The van der Waals surface area contributed by atoms with Crippen LogP contribution in [0.1, 0.15) is 0 Å². The molecule has 0 aromatic rings. The Kier molecular flexibility index (Phi) is 4.43. The van der Waals surface area contributed by atoms with Crippen LogP contribution < -0.4 is 0 Å². The minimum atomic E-state index is -1.05. The fraction of sp³-hybridized carbons (Fsp3) is 0.750. The normalized spacial score (nSPS) is 16.8. The molecule has 0 aliphatic heterocycles. The summed E-state index contributed by atoms with van der Waals surface area (Å²) in [6.45, 7) is 0. The molecule has 0 aromatic carbocycles. The summed E-state index contributed by atoms with van der Waals surface area (Å²) in [6.07, 6.45) is -0.873. The van der Waals surface area contributed by atoms with Gasteiger partial charge in [-0.1, -0.05) is 31.9 Å². The summed E-state index contributed by atoms with van der Waals surface area (Å²) in [6, 6.07) is 0. The van der Waals surface area contributed by atoms with Gasteiger partial charge in [0, 0.05) is 5.33 Å². The molecule has 0 rings (SSSR count). The Morgan fingerprint density at radius 3 is 2.22 bits per heavy atom. The molecule has 0 bridgehead atoms. The number of hydrogen-bond acceptors (Lipinski definition) is 2. The maximum Gasteiger partial charge on any atom is 0.319 e. The second kappa shape index (κ2) is 4.24. The number of rotatable bonds is 3. The van der Waals surface area contributed by atoms with E-state index < -0.39 is 16.9 Å². The van der Waals surface area contributed by atoms with Crippen molar-refractivity contribution in [2.45, 2.75) is 10.9 Å². The van der Waals surface area contributed by atoms with Crippen LogP contribution >= 0.6 is 31.9 Å². The molecule has 5 heteroatoms. The highest BCUT2D eigenvalue weighted by molar-refractivity contribution is 9.10. The van der Waals surface area contributed by atoms with E-state index in [1.165, 1.54) is 0 Å². The first-order chi connectivity index (χ1) is 4.09. The standard InChI is InChI=1S/C4H6Br2O3/c5-1-2(7)3(6)4(8)9/h2-3,7H,1H2,(H,8,9)/t2-,3-/m1/s1. The quantitative estimate of drug-likeness (QED) is 0.732. The summed E-state index contributed by atoms with van der Waals surface area (Å²) in [7, 11) is 0. The third-order valence-electron chi connectivity index (χ3n) is 0.732. The average Bonchev–Trinajstić information content (AvgIpc) is 1.84. The zero-order chi connectivity index (χ0) is 7.44. The van der Waals surface area contributed by atoms with Crippen molar-refractivity contribution in [3.63, 3.8) is 0 Å². The Morgan fingerprint density at radius 2 is 2.11 bits per heavy atom. The number of aliphatic hydroxyl groups excluding tert-OH is 1. The first kappa shape index (κ1) is 9.39. The van der Waals surface area contributed by atoms with Gasteiger partial charge in [0.25, 0.3) is 0 Å². The van der Waals surface area contributed by atoms with Gasteiger partial charge in [-0.2, -0.15) is 0 Å². The van der Waals surface area contributed by atoms with Crippen LogP contribution in [-0.4, -0.2) is 32.4 Å².